The first kappa shape index (κ1) is 12.9. The van der Waals surface area contributed by atoms with E-state index in [1.54, 1.807) is 11.3 Å². The van der Waals surface area contributed by atoms with Crippen LogP contribution in [0.4, 0.5) is 0 Å². The summed E-state index contributed by atoms with van der Waals surface area (Å²) in [6.45, 7) is 5.33. The van der Waals surface area contributed by atoms with E-state index in [1.165, 1.54) is 12.1 Å². The van der Waals surface area contributed by atoms with Gasteiger partial charge in [0.2, 0.25) is 0 Å². The Labute approximate surface area is 101 Å². The molecule has 0 amide bonds. The number of aromatic nitrogens is 1. The number of hydrogen-bond donors (Lipinski definition) is 1. The summed E-state index contributed by atoms with van der Waals surface area (Å²) in [5.41, 5.74) is 1.21. The van der Waals surface area contributed by atoms with Gasteiger partial charge < -0.3 is 5.32 Å². The van der Waals surface area contributed by atoms with E-state index in [0.717, 1.165) is 24.6 Å². The molecule has 1 aromatic rings. The second-order valence-electron chi connectivity index (χ2n) is 3.92. The highest BCUT2D eigenvalue weighted by atomic mass is 35.5. The van der Waals surface area contributed by atoms with Crippen LogP contribution in [0.15, 0.2) is 5.38 Å². The van der Waals surface area contributed by atoms with Crippen LogP contribution in [0.5, 0.6) is 0 Å². The van der Waals surface area contributed by atoms with Gasteiger partial charge in [-0.05, 0) is 26.9 Å². The zero-order chi connectivity index (χ0) is 9.97. The molecule has 1 aliphatic heterocycles. The number of halogens is 1. The summed E-state index contributed by atoms with van der Waals surface area (Å²) in [4.78, 5) is 6.88. The predicted molar refractivity (Wildman–Crippen MR) is 66.8 cm³/mol. The summed E-state index contributed by atoms with van der Waals surface area (Å²) in [6.07, 6.45) is 1.26. The number of rotatable bonds is 3. The second kappa shape index (κ2) is 5.80. The molecule has 5 heteroatoms. The van der Waals surface area contributed by atoms with Crippen LogP contribution in [-0.2, 0) is 6.54 Å². The van der Waals surface area contributed by atoms with E-state index < -0.39 is 0 Å². The van der Waals surface area contributed by atoms with E-state index in [9.17, 15) is 0 Å². The minimum atomic E-state index is 0. The maximum atomic E-state index is 4.48. The highest BCUT2D eigenvalue weighted by Crippen LogP contribution is 2.13. The topological polar surface area (TPSA) is 28.2 Å². The quantitative estimate of drug-likeness (QED) is 0.881. The van der Waals surface area contributed by atoms with Crippen LogP contribution in [0.2, 0.25) is 0 Å². The van der Waals surface area contributed by atoms with Gasteiger partial charge in [0.1, 0.15) is 0 Å². The Morgan fingerprint density at radius 1 is 1.67 bits per heavy atom. The van der Waals surface area contributed by atoms with Crippen LogP contribution >= 0.6 is 23.7 Å². The van der Waals surface area contributed by atoms with Crippen LogP contribution in [0, 0.1) is 6.92 Å². The van der Waals surface area contributed by atoms with Crippen molar-refractivity contribution in [3.63, 3.8) is 0 Å². The summed E-state index contributed by atoms with van der Waals surface area (Å²) in [5, 5.41) is 6.71. The molecule has 1 aromatic heterocycles. The molecule has 1 aliphatic rings. The molecule has 0 bridgehead atoms. The van der Waals surface area contributed by atoms with Gasteiger partial charge >= 0.3 is 0 Å². The van der Waals surface area contributed by atoms with Crippen LogP contribution < -0.4 is 5.32 Å². The molecule has 0 saturated carbocycles. The molecule has 1 saturated heterocycles. The average molecular weight is 248 g/mol. The monoisotopic (exact) mass is 247 g/mol. The largest absolute Gasteiger partial charge is 0.315 e. The smallest absolute Gasteiger partial charge is 0.0897 e. The lowest BCUT2D eigenvalue weighted by Gasteiger charge is -2.22. The van der Waals surface area contributed by atoms with E-state index in [-0.39, 0.29) is 12.4 Å². The summed E-state index contributed by atoms with van der Waals surface area (Å²) >= 11 is 1.74. The highest BCUT2D eigenvalue weighted by Gasteiger charge is 2.19. The first-order valence-electron chi connectivity index (χ1n) is 5.07. The van der Waals surface area contributed by atoms with Crippen LogP contribution in [0.25, 0.3) is 0 Å². The van der Waals surface area contributed by atoms with E-state index >= 15 is 0 Å². The molecule has 1 N–H and O–H groups in total. The Kier molecular flexibility index (Phi) is 4.99. The molecule has 0 radical (unpaired) electrons. The molecule has 1 unspecified atom stereocenters. The van der Waals surface area contributed by atoms with Gasteiger partial charge in [0.25, 0.3) is 0 Å². The van der Waals surface area contributed by atoms with Gasteiger partial charge in [0, 0.05) is 24.5 Å². The normalized spacial score (nSPS) is 20.6. The van der Waals surface area contributed by atoms with Gasteiger partial charge in [0.05, 0.1) is 10.7 Å². The van der Waals surface area contributed by atoms with Gasteiger partial charge in [-0.3, -0.25) is 4.90 Å². The van der Waals surface area contributed by atoms with Crippen molar-refractivity contribution >= 4 is 23.7 Å². The fraction of sp³-hybridized carbons (Fsp3) is 0.700. The number of thiazole rings is 1. The van der Waals surface area contributed by atoms with E-state index in [1.807, 2.05) is 0 Å². The van der Waals surface area contributed by atoms with E-state index in [4.69, 9.17) is 0 Å². The number of aryl methyl sites for hydroxylation is 1. The standard InChI is InChI=1S/C10H17N3S.ClH/c1-8-12-9(7-14-8)6-13(2)10-3-4-11-5-10;/h7,10-11H,3-6H2,1-2H3;1H. The summed E-state index contributed by atoms with van der Waals surface area (Å²) in [6, 6.07) is 0.692. The average Bonchev–Trinajstić information content (AvgIpc) is 2.75. The molecule has 15 heavy (non-hydrogen) atoms. The molecule has 0 aromatic carbocycles. The molecule has 0 spiro atoms. The second-order valence-corrected chi connectivity index (χ2v) is 4.98. The van der Waals surface area contributed by atoms with Crippen LogP contribution in [0.3, 0.4) is 0 Å². The Bertz CT molecular complexity index is 297. The van der Waals surface area contributed by atoms with Crippen molar-refractivity contribution in [2.45, 2.75) is 25.9 Å². The molecular formula is C10H18ClN3S. The molecule has 86 valence electrons. The number of nitrogens with one attached hydrogen (secondary N) is 1. The van der Waals surface area contributed by atoms with Gasteiger partial charge in [-0.15, -0.1) is 23.7 Å². The summed E-state index contributed by atoms with van der Waals surface area (Å²) in [5.74, 6) is 0. The fourth-order valence-corrected chi connectivity index (χ4v) is 2.48. The lowest BCUT2D eigenvalue weighted by molar-refractivity contribution is 0.246. The molecule has 3 nitrogen and oxygen atoms in total. The molecule has 2 heterocycles. The summed E-state index contributed by atoms with van der Waals surface area (Å²) < 4.78 is 0. The molecule has 1 fully saturated rings. The SMILES string of the molecule is Cc1nc(CN(C)C2CCNC2)cs1.Cl. The van der Waals surface area contributed by atoms with Gasteiger partial charge in [0.15, 0.2) is 0 Å². The van der Waals surface area contributed by atoms with E-state index in [2.05, 4.69) is 34.6 Å². The Hall–Kier alpha value is -0.160. The molecule has 1 atom stereocenters. The van der Waals surface area contributed by atoms with Crippen molar-refractivity contribution in [3.8, 4) is 0 Å². The van der Waals surface area contributed by atoms with E-state index in [0.29, 0.717) is 6.04 Å². The first-order chi connectivity index (χ1) is 6.75. The van der Waals surface area contributed by atoms with Gasteiger partial charge in [-0.2, -0.15) is 0 Å². The molecule has 2 rings (SSSR count). The first-order valence-corrected chi connectivity index (χ1v) is 5.95. The van der Waals surface area contributed by atoms with Crippen molar-refractivity contribution < 1.29 is 0 Å². The van der Waals surface area contributed by atoms with Crippen LogP contribution in [-0.4, -0.2) is 36.1 Å². The highest BCUT2D eigenvalue weighted by molar-refractivity contribution is 7.09. The number of nitrogens with zero attached hydrogens (tertiary/aromatic N) is 2. The summed E-state index contributed by atoms with van der Waals surface area (Å²) in [7, 11) is 2.19. The zero-order valence-electron chi connectivity index (χ0n) is 9.19. The van der Waals surface area contributed by atoms with Crippen LogP contribution in [0.1, 0.15) is 17.1 Å². The predicted octanol–water partition coefficient (Wildman–Crippen LogP) is 1.67. The number of likely N-dealkylation sites (N-methyl/N-ethyl adjacent to an activating group) is 1. The Balaban J connectivity index is 0.00000112. The third-order valence-electron chi connectivity index (χ3n) is 2.74. The lowest BCUT2D eigenvalue weighted by Crippen LogP contribution is -2.32. The minimum absolute atomic E-state index is 0. The van der Waals surface area contributed by atoms with Crippen molar-refractivity contribution in [1.82, 2.24) is 15.2 Å². The van der Waals surface area contributed by atoms with Crippen molar-refractivity contribution in [2.24, 2.45) is 0 Å². The van der Waals surface area contributed by atoms with Crippen molar-refractivity contribution in [3.05, 3.63) is 16.1 Å². The van der Waals surface area contributed by atoms with Gasteiger partial charge in [-0.25, -0.2) is 4.98 Å². The number of hydrogen-bond acceptors (Lipinski definition) is 4. The Morgan fingerprint density at radius 2 is 2.47 bits per heavy atom. The van der Waals surface area contributed by atoms with Crippen molar-refractivity contribution in [1.29, 1.82) is 0 Å². The van der Waals surface area contributed by atoms with Gasteiger partial charge in [-0.1, -0.05) is 0 Å². The Morgan fingerprint density at radius 3 is 3.00 bits per heavy atom. The third-order valence-corrected chi connectivity index (χ3v) is 3.56. The fourth-order valence-electron chi connectivity index (χ4n) is 1.88. The molecule has 0 aliphatic carbocycles. The molecular weight excluding hydrogens is 230 g/mol. The third kappa shape index (κ3) is 3.41. The minimum Gasteiger partial charge on any atom is -0.315 e. The zero-order valence-corrected chi connectivity index (χ0v) is 10.8. The van der Waals surface area contributed by atoms with Crippen molar-refractivity contribution in [2.75, 3.05) is 20.1 Å². The maximum Gasteiger partial charge on any atom is 0.0897 e. The maximum absolute atomic E-state index is 4.48. The lowest BCUT2D eigenvalue weighted by atomic mass is 10.2.